The fraction of sp³-hybridized carbons (Fsp3) is 0.111. The Kier molecular flexibility index (Phi) is 2.09. The first-order chi connectivity index (χ1) is 6.70. The number of hydrogen-bond acceptors (Lipinski definition) is 4. The lowest BCUT2D eigenvalue weighted by molar-refractivity contribution is 0.0696. The van der Waals surface area contributed by atoms with E-state index in [0.717, 1.165) is 4.88 Å². The van der Waals surface area contributed by atoms with Crippen molar-refractivity contribution < 1.29 is 14.4 Å². The molecule has 72 valence electrons. The van der Waals surface area contributed by atoms with E-state index in [0.29, 0.717) is 11.5 Å². The van der Waals surface area contributed by atoms with E-state index in [2.05, 4.69) is 5.16 Å². The van der Waals surface area contributed by atoms with Crippen molar-refractivity contribution in [2.75, 3.05) is 0 Å². The van der Waals surface area contributed by atoms with Gasteiger partial charge in [0.2, 0.25) is 0 Å². The summed E-state index contributed by atoms with van der Waals surface area (Å²) in [4.78, 5) is 11.7. The second kappa shape index (κ2) is 3.26. The molecule has 1 N–H and O–H groups in total. The second-order valence-electron chi connectivity index (χ2n) is 2.74. The molecular weight excluding hydrogens is 202 g/mol. The van der Waals surface area contributed by atoms with Crippen LogP contribution in [0.25, 0.3) is 10.6 Å². The van der Waals surface area contributed by atoms with Crippen LogP contribution in [-0.2, 0) is 0 Å². The van der Waals surface area contributed by atoms with Gasteiger partial charge < -0.3 is 9.63 Å². The summed E-state index contributed by atoms with van der Waals surface area (Å²) < 4.78 is 4.86. The third kappa shape index (κ3) is 1.31. The van der Waals surface area contributed by atoms with Crippen LogP contribution in [0.3, 0.4) is 0 Å². The maximum absolute atomic E-state index is 10.9. The number of carboxylic acids is 1. The van der Waals surface area contributed by atoms with Gasteiger partial charge in [0.15, 0.2) is 0 Å². The molecule has 0 radical (unpaired) electrons. The van der Waals surface area contributed by atoms with Gasteiger partial charge in [0, 0.05) is 0 Å². The van der Waals surface area contributed by atoms with Gasteiger partial charge in [0.05, 0.1) is 4.88 Å². The quantitative estimate of drug-likeness (QED) is 0.824. The summed E-state index contributed by atoms with van der Waals surface area (Å²) in [5.41, 5.74) is 0.553. The van der Waals surface area contributed by atoms with Crippen LogP contribution >= 0.6 is 11.3 Å². The Hall–Kier alpha value is -1.62. The molecule has 0 aliphatic heterocycles. The van der Waals surface area contributed by atoms with Crippen molar-refractivity contribution in [2.45, 2.75) is 6.92 Å². The highest BCUT2D eigenvalue weighted by Gasteiger charge is 2.20. The summed E-state index contributed by atoms with van der Waals surface area (Å²) in [6, 6.07) is 3.66. The SMILES string of the molecule is Cc1onc(-c2cccs2)c1C(=O)O. The van der Waals surface area contributed by atoms with Crippen LogP contribution in [0.2, 0.25) is 0 Å². The van der Waals surface area contributed by atoms with E-state index in [9.17, 15) is 4.79 Å². The maximum Gasteiger partial charge on any atom is 0.341 e. The van der Waals surface area contributed by atoms with Gasteiger partial charge in [-0.25, -0.2) is 4.79 Å². The first-order valence-corrected chi connectivity index (χ1v) is 4.81. The van der Waals surface area contributed by atoms with Gasteiger partial charge in [-0.15, -0.1) is 11.3 Å². The molecule has 14 heavy (non-hydrogen) atoms. The van der Waals surface area contributed by atoms with Crippen LogP contribution in [0, 0.1) is 6.92 Å². The summed E-state index contributed by atoms with van der Waals surface area (Å²) >= 11 is 1.44. The van der Waals surface area contributed by atoms with Crippen LogP contribution in [0.4, 0.5) is 0 Å². The summed E-state index contributed by atoms with van der Waals surface area (Å²) in [7, 11) is 0. The highest BCUT2D eigenvalue weighted by Crippen LogP contribution is 2.28. The average Bonchev–Trinajstić information content (AvgIpc) is 2.70. The van der Waals surface area contributed by atoms with Crippen LogP contribution in [0.1, 0.15) is 16.1 Å². The molecule has 0 atom stereocenters. The maximum atomic E-state index is 10.9. The number of aryl methyl sites for hydroxylation is 1. The largest absolute Gasteiger partial charge is 0.477 e. The lowest BCUT2D eigenvalue weighted by atomic mass is 10.2. The zero-order valence-corrected chi connectivity index (χ0v) is 8.17. The number of carboxylic acid groups (broad SMARTS) is 1. The highest BCUT2D eigenvalue weighted by molar-refractivity contribution is 7.13. The van der Waals surface area contributed by atoms with Gasteiger partial charge in [-0.2, -0.15) is 0 Å². The highest BCUT2D eigenvalue weighted by atomic mass is 32.1. The van der Waals surface area contributed by atoms with E-state index in [1.165, 1.54) is 11.3 Å². The molecular formula is C9H7NO3S. The summed E-state index contributed by atoms with van der Waals surface area (Å²) in [5, 5.41) is 14.5. The van der Waals surface area contributed by atoms with Crippen molar-refractivity contribution in [1.29, 1.82) is 0 Å². The number of nitrogens with zero attached hydrogens (tertiary/aromatic N) is 1. The van der Waals surface area contributed by atoms with E-state index in [-0.39, 0.29) is 5.56 Å². The number of rotatable bonds is 2. The van der Waals surface area contributed by atoms with Crippen LogP contribution in [-0.4, -0.2) is 16.2 Å². The third-order valence-corrected chi connectivity index (χ3v) is 2.71. The zero-order chi connectivity index (χ0) is 10.1. The molecule has 2 aromatic rings. The first kappa shape index (κ1) is 8.96. The topological polar surface area (TPSA) is 63.3 Å². The summed E-state index contributed by atoms with van der Waals surface area (Å²) in [5.74, 6) is -0.673. The molecule has 0 aliphatic rings. The van der Waals surface area contributed by atoms with Gasteiger partial charge in [-0.3, -0.25) is 0 Å². The average molecular weight is 209 g/mol. The first-order valence-electron chi connectivity index (χ1n) is 3.93. The lowest BCUT2D eigenvalue weighted by Crippen LogP contribution is -1.98. The van der Waals surface area contributed by atoms with Crippen molar-refractivity contribution in [3.8, 4) is 10.6 Å². The molecule has 4 nitrogen and oxygen atoms in total. The predicted octanol–water partition coefficient (Wildman–Crippen LogP) is 2.41. The zero-order valence-electron chi connectivity index (χ0n) is 7.35. The Morgan fingerprint density at radius 1 is 1.64 bits per heavy atom. The fourth-order valence-corrected chi connectivity index (χ4v) is 1.92. The molecule has 0 unspecified atom stereocenters. The number of thiophene rings is 1. The molecule has 0 amide bonds. The molecule has 0 aromatic carbocycles. The third-order valence-electron chi connectivity index (χ3n) is 1.83. The molecule has 0 saturated heterocycles. The van der Waals surface area contributed by atoms with Crippen molar-refractivity contribution in [3.05, 3.63) is 28.8 Å². The van der Waals surface area contributed by atoms with Crippen LogP contribution in [0.15, 0.2) is 22.0 Å². The van der Waals surface area contributed by atoms with Gasteiger partial charge >= 0.3 is 5.97 Å². The Morgan fingerprint density at radius 2 is 2.43 bits per heavy atom. The molecule has 0 fully saturated rings. The van der Waals surface area contributed by atoms with Crippen molar-refractivity contribution in [1.82, 2.24) is 5.16 Å². The van der Waals surface area contributed by atoms with Gasteiger partial charge in [0.25, 0.3) is 0 Å². The van der Waals surface area contributed by atoms with Crippen molar-refractivity contribution in [2.24, 2.45) is 0 Å². The fourth-order valence-electron chi connectivity index (χ4n) is 1.21. The van der Waals surface area contributed by atoms with Crippen molar-refractivity contribution >= 4 is 17.3 Å². The van der Waals surface area contributed by atoms with E-state index in [1.807, 2.05) is 17.5 Å². The Bertz CT molecular complexity index is 458. The molecule has 0 bridgehead atoms. The van der Waals surface area contributed by atoms with Gasteiger partial charge in [0.1, 0.15) is 17.0 Å². The molecule has 2 rings (SSSR count). The number of aromatic carboxylic acids is 1. The lowest BCUT2D eigenvalue weighted by Gasteiger charge is -1.92. The van der Waals surface area contributed by atoms with Gasteiger partial charge in [-0.1, -0.05) is 11.2 Å². The summed E-state index contributed by atoms with van der Waals surface area (Å²) in [6.07, 6.45) is 0. The predicted molar refractivity (Wildman–Crippen MR) is 51.5 cm³/mol. The van der Waals surface area contributed by atoms with Crippen LogP contribution < -0.4 is 0 Å². The minimum absolute atomic E-state index is 0.146. The van der Waals surface area contributed by atoms with E-state index < -0.39 is 5.97 Å². The monoisotopic (exact) mass is 209 g/mol. The smallest absolute Gasteiger partial charge is 0.341 e. The second-order valence-corrected chi connectivity index (χ2v) is 3.69. The number of hydrogen-bond donors (Lipinski definition) is 1. The molecule has 0 spiro atoms. The Balaban J connectivity index is 2.60. The van der Waals surface area contributed by atoms with E-state index >= 15 is 0 Å². The Labute approximate surface area is 83.8 Å². The van der Waals surface area contributed by atoms with Crippen LogP contribution in [0.5, 0.6) is 0 Å². The molecule has 0 saturated carbocycles. The standard InChI is InChI=1S/C9H7NO3S/c1-5-7(9(11)12)8(10-13-5)6-3-2-4-14-6/h2-4H,1H3,(H,11,12). The molecule has 0 aliphatic carbocycles. The van der Waals surface area contributed by atoms with Crippen molar-refractivity contribution in [3.63, 3.8) is 0 Å². The Morgan fingerprint density at radius 3 is 3.00 bits per heavy atom. The molecule has 2 heterocycles. The minimum atomic E-state index is -1.01. The number of carbonyl (C=O) groups is 1. The van der Waals surface area contributed by atoms with Gasteiger partial charge in [-0.05, 0) is 18.4 Å². The summed E-state index contributed by atoms with van der Waals surface area (Å²) in [6.45, 7) is 1.59. The molecule has 2 aromatic heterocycles. The number of aromatic nitrogens is 1. The normalized spacial score (nSPS) is 10.4. The minimum Gasteiger partial charge on any atom is -0.477 e. The molecule has 5 heteroatoms. The van der Waals surface area contributed by atoms with E-state index in [1.54, 1.807) is 6.92 Å². The van der Waals surface area contributed by atoms with E-state index in [4.69, 9.17) is 9.63 Å².